The number of carbonyl (C=O) groups excluding carboxylic acids is 1. The second-order valence-electron chi connectivity index (χ2n) is 6.78. The van der Waals surface area contributed by atoms with Gasteiger partial charge in [0.25, 0.3) is 0 Å². The van der Waals surface area contributed by atoms with Crippen molar-refractivity contribution in [1.82, 2.24) is 19.8 Å². The fourth-order valence-electron chi connectivity index (χ4n) is 3.28. The first kappa shape index (κ1) is 17.4. The van der Waals surface area contributed by atoms with Gasteiger partial charge >= 0.3 is 6.03 Å². The van der Waals surface area contributed by atoms with Gasteiger partial charge in [-0.2, -0.15) is 0 Å². The molecule has 6 nitrogen and oxygen atoms in total. The molecule has 3 heterocycles. The minimum Gasteiger partial charge on any atom is -0.324 e. The molecule has 0 aromatic carbocycles. The molecule has 1 fully saturated rings. The van der Waals surface area contributed by atoms with Crippen LogP contribution < -0.4 is 5.32 Å². The maximum Gasteiger partial charge on any atom is 0.321 e. The van der Waals surface area contributed by atoms with E-state index in [1.54, 1.807) is 18.6 Å². The number of anilines is 1. The Morgan fingerprint density at radius 1 is 1.32 bits per heavy atom. The third kappa shape index (κ3) is 4.76. The van der Waals surface area contributed by atoms with Crippen LogP contribution in [0.15, 0.2) is 43.0 Å². The molecule has 6 heteroatoms. The van der Waals surface area contributed by atoms with Gasteiger partial charge in [-0.05, 0) is 49.6 Å². The van der Waals surface area contributed by atoms with Gasteiger partial charge in [0.05, 0.1) is 0 Å². The minimum absolute atomic E-state index is 0.0216. The van der Waals surface area contributed by atoms with Gasteiger partial charge in [-0.3, -0.25) is 9.97 Å². The zero-order valence-corrected chi connectivity index (χ0v) is 14.9. The first-order chi connectivity index (χ1) is 12.1. The fourth-order valence-corrected chi connectivity index (χ4v) is 3.28. The summed E-state index contributed by atoms with van der Waals surface area (Å²) in [5.74, 6) is 0.506. The van der Waals surface area contributed by atoms with Gasteiger partial charge in [0, 0.05) is 56.7 Å². The van der Waals surface area contributed by atoms with Crippen molar-refractivity contribution in [3.63, 3.8) is 0 Å². The molecular weight excluding hydrogens is 314 g/mol. The maximum absolute atomic E-state index is 12.5. The Balaban J connectivity index is 1.48. The number of amides is 2. The minimum atomic E-state index is -0.0216. The molecule has 2 aromatic heterocycles. The molecule has 0 unspecified atom stereocenters. The van der Waals surface area contributed by atoms with E-state index in [0.717, 1.165) is 43.9 Å². The van der Waals surface area contributed by atoms with E-state index in [9.17, 15) is 4.79 Å². The van der Waals surface area contributed by atoms with Gasteiger partial charge in [-0.15, -0.1) is 0 Å². The van der Waals surface area contributed by atoms with Crippen LogP contribution in [0.1, 0.15) is 17.5 Å². The van der Waals surface area contributed by atoms with Crippen LogP contribution in [0.3, 0.4) is 0 Å². The van der Waals surface area contributed by atoms with Crippen molar-refractivity contribution in [3.05, 3.63) is 54.1 Å². The summed E-state index contributed by atoms with van der Waals surface area (Å²) < 4.78 is 0. The lowest BCUT2D eigenvalue weighted by atomic mass is 10.1. The molecule has 1 N–H and O–H groups in total. The van der Waals surface area contributed by atoms with E-state index >= 15 is 0 Å². The van der Waals surface area contributed by atoms with Gasteiger partial charge in [0.15, 0.2) is 0 Å². The molecule has 0 radical (unpaired) electrons. The van der Waals surface area contributed by atoms with Crippen molar-refractivity contribution < 1.29 is 4.79 Å². The zero-order valence-electron chi connectivity index (χ0n) is 14.9. The fraction of sp³-hybridized carbons (Fsp3) is 0.421. The summed E-state index contributed by atoms with van der Waals surface area (Å²) in [4.78, 5) is 24.9. The van der Waals surface area contributed by atoms with E-state index in [4.69, 9.17) is 0 Å². The van der Waals surface area contributed by atoms with Crippen molar-refractivity contribution in [2.24, 2.45) is 5.92 Å². The highest BCUT2D eigenvalue weighted by molar-refractivity contribution is 5.90. The van der Waals surface area contributed by atoms with Gasteiger partial charge < -0.3 is 15.1 Å². The largest absolute Gasteiger partial charge is 0.324 e. The number of hydrogen-bond donors (Lipinski definition) is 1. The third-order valence-electron chi connectivity index (χ3n) is 4.58. The number of nitrogens with zero attached hydrogens (tertiary/aromatic N) is 4. The first-order valence-corrected chi connectivity index (χ1v) is 8.66. The number of likely N-dealkylation sites (tertiary alicyclic amines) is 1. The molecule has 25 heavy (non-hydrogen) atoms. The molecule has 0 saturated carbocycles. The molecule has 2 amide bonds. The molecule has 2 aromatic rings. The predicted molar refractivity (Wildman–Crippen MR) is 98.2 cm³/mol. The molecule has 3 rings (SSSR count). The topological polar surface area (TPSA) is 61.4 Å². The van der Waals surface area contributed by atoms with Crippen molar-refractivity contribution in [2.75, 3.05) is 32.0 Å². The van der Waals surface area contributed by atoms with Crippen LogP contribution in [-0.2, 0) is 6.54 Å². The Morgan fingerprint density at radius 3 is 2.92 bits per heavy atom. The molecular formula is C19H25N5O. The van der Waals surface area contributed by atoms with Crippen molar-refractivity contribution in [2.45, 2.75) is 19.9 Å². The van der Waals surface area contributed by atoms with Crippen LogP contribution in [-0.4, -0.2) is 52.5 Å². The number of nitrogens with one attached hydrogen (secondary N) is 1. The molecule has 0 aliphatic carbocycles. The molecule has 0 bridgehead atoms. The molecule has 1 atom stereocenters. The van der Waals surface area contributed by atoms with Crippen LogP contribution in [0.25, 0.3) is 0 Å². The van der Waals surface area contributed by atoms with E-state index in [-0.39, 0.29) is 6.03 Å². The lowest BCUT2D eigenvalue weighted by Gasteiger charge is -2.22. The number of hydrogen-bond acceptors (Lipinski definition) is 4. The van der Waals surface area contributed by atoms with Crippen LogP contribution in [0.2, 0.25) is 0 Å². The highest BCUT2D eigenvalue weighted by Gasteiger charge is 2.27. The highest BCUT2D eigenvalue weighted by atomic mass is 16.2. The number of rotatable bonds is 5. The molecule has 132 valence electrons. The summed E-state index contributed by atoms with van der Waals surface area (Å²) in [6.45, 7) is 5.41. The first-order valence-electron chi connectivity index (χ1n) is 8.66. The van der Waals surface area contributed by atoms with Crippen molar-refractivity contribution >= 4 is 11.7 Å². The maximum atomic E-state index is 12.5. The Labute approximate surface area is 148 Å². The average molecular weight is 339 g/mol. The second kappa shape index (κ2) is 8.07. The van der Waals surface area contributed by atoms with Crippen LogP contribution in [0.5, 0.6) is 0 Å². The van der Waals surface area contributed by atoms with Gasteiger partial charge in [0.1, 0.15) is 0 Å². The third-order valence-corrected chi connectivity index (χ3v) is 4.58. The molecule has 1 aliphatic rings. The van der Waals surface area contributed by atoms with E-state index in [0.29, 0.717) is 5.92 Å². The van der Waals surface area contributed by atoms with E-state index < -0.39 is 0 Å². The molecule has 1 aliphatic heterocycles. The summed E-state index contributed by atoms with van der Waals surface area (Å²) in [6.07, 6.45) is 8.20. The number of aryl methyl sites for hydroxylation is 1. The normalized spacial score (nSPS) is 17.1. The Hall–Kier alpha value is -2.47. The molecule has 0 spiro atoms. The summed E-state index contributed by atoms with van der Waals surface area (Å²) in [5.41, 5.74) is 3.02. The highest BCUT2D eigenvalue weighted by Crippen LogP contribution is 2.20. The quantitative estimate of drug-likeness (QED) is 0.910. The monoisotopic (exact) mass is 339 g/mol. The van der Waals surface area contributed by atoms with Gasteiger partial charge in [-0.25, -0.2) is 4.79 Å². The van der Waals surface area contributed by atoms with Gasteiger partial charge in [-0.1, -0.05) is 6.07 Å². The number of urea groups is 1. The summed E-state index contributed by atoms with van der Waals surface area (Å²) in [7, 11) is 2.12. The second-order valence-corrected chi connectivity index (χ2v) is 6.78. The smallest absolute Gasteiger partial charge is 0.321 e. The average Bonchev–Trinajstić information content (AvgIpc) is 3.06. The summed E-state index contributed by atoms with van der Waals surface area (Å²) >= 11 is 0. The summed E-state index contributed by atoms with van der Waals surface area (Å²) in [5, 5.41) is 2.99. The SMILES string of the molecule is Cc1cnccc1NC(=O)N1CC[C@H](CN(C)Cc2cccnc2)C1. The van der Waals surface area contributed by atoms with Gasteiger partial charge in [0.2, 0.25) is 0 Å². The standard InChI is InChI=1S/C19H25N5O/c1-15-10-21-8-5-18(15)22-19(25)24-9-6-17(14-24)13-23(2)12-16-4-3-7-20-11-16/h3-5,7-8,10-11,17H,6,9,12-14H2,1-2H3,(H,21,22,25)/t17-/m1/s1. The Bertz CT molecular complexity index is 706. The van der Waals surface area contributed by atoms with Crippen LogP contribution in [0.4, 0.5) is 10.5 Å². The van der Waals surface area contributed by atoms with Crippen LogP contribution >= 0.6 is 0 Å². The van der Waals surface area contributed by atoms with E-state index in [1.807, 2.05) is 30.2 Å². The zero-order chi connectivity index (χ0) is 17.6. The number of pyridine rings is 2. The predicted octanol–water partition coefficient (Wildman–Crippen LogP) is 2.77. The van der Waals surface area contributed by atoms with Crippen LogP contribution in [0, 0.1) is 12.8 Å². The van der Waals surface area contributed by atoms with Crippen molar-refractivity contribution in [3.8, 4) is 0 Å². The Kier molecular flexibility index (Phi) is 5.60. The number of aromatic nitrogens is 2. The van der Waals surface area contributed by atoms with E-state index in [2.05, 4.69) is 33.3 Å². The van der Waals surface area contributed by atoms with Crippen molar-refractivity contribution in [1.29, 1.82) is 0 Å². The lowest BCUT2D eigenvalue weighted by Crippen LogP contribution is -2.34. The Morgan fingerprint density at radius 2 is 2.16 bits per heavy atom. The molecule has 1 saturated heterocycles. The lowest BCUT2D eigenvalue weighted by molar-refractivity contribution is 0.216. The summed E-state index contributed by atoms with van der Waals surface area (Å²) in [6, 6.07) is 5.87. The number of carbonyl (C=O) groups is 1. The van der Waals surface area contributed by atoms with E-state index in [1.165, 1.54) is 5.56 Å².